The third kappa shape index (κ3) is 3.50. The SMILES string of the molecule is O=C(CCS(=O)(=O)c1ccc2c(c1)CCC2)Nc1nc2ccccc2s1. The maximum absolute atomic E-state index is 12.5. The summed E-state index contributed by atoms with van der Waals surface area (Å²) in [5.74, 6) is -0.545. The Bertz CT molecular complexity index is 1050. The van der Waals surface area contributed by atoms with Gasteiger partial charge in [-0.2, -0.15) is 0 Å². The highest BCUT2D eigenvalue weighted by atomic mass is 32.2. The van der Waals surface area contributed by atoms with Crippen LogP contribution in [0, 0.1) is 0 Å². The Kier molecular flexibility index (Phi) is 4.50. The van der Waals surface area contributed by atoms with Crippen molar-refractivity contribution in [2.75, 3.05) is 11.1 Å². The fourth-order valence-corrected chi connectivity index (χ4v) is 5.36. The van der Waals surface area contributed by atoms with Gasteiger partial charge in [0.1, 0.15) is 0 Å². The van der Waals surface area contributed by atoms with Gasteiger partial charge in [0.2, 0.25) is 5.91 Å². The molecule has 0 spiro atoms. The predicted molar refractivity (Wildman–Crippen MR) is 103 cm³/mol. The summed E-state index contributed by atoms with van der Waals surface area (Å²) in [6.45, 7) is 0. The molecule has 0 saturated heterocycles. The Morgan fingerprint density at radius 3 is 2.77 bits per heavy atom. The number of carbonyl (C=O) groups excluding carboxylic acids is 1. The van der Waals surface area contributed by atoms with Crippen molar-refractivity contribution in [3.05, 3.63) is 53.6 Å². The van der Waals surface area contributed by atoms with Crippen molar-refractivity contribution in [2.45, 2.75) is 30.6 Å². The molecule has 0 bridgehead atoms. The van der Waals surface area contributed by atoms with E-state index in [1.807, 2.05) is 30.3 Å². The zero-order valence-electron chi connectivity index (χ0n) is 14.1. The first kappa shape index (κ1) is 17.2. The summed E-state index contributed by atoms with van der Waals surface area (Å²) in [5.41, 5.74) is 3.17. The van der Waals surface area contributed by atoms with Gasteiger partial charge in [0.05, 0.1) is 20.9 Å². The topological polar surface area (TPSA) is 76.1 Å². The zero-order valence-corrected chi connectivity index (χ0v) is 15.7. The van der Waals surface area contributed by atoms with E-state index in [-0.39, 0.29) is 18.1 Å². The summed E-state index contributed by atoms with van der Waals surface area (Å²) in [5, 5.41) is 3.19. The first-order valence-electron chi connectivity index (χ1n) is 8.51. The monoisotopic (exact) mass is 386 g/mol. The highest BCUT2D eigenvalue weighted by Crippen LogP contribution is 2.27. The molecule has 134 valence electrons. The van der Waals surface area contributed by atoms with Gasteiger partial charge >= 0.3 is 0 Å². The second-order valence-corrected chi connectivity index (χ2v) is 9.53. The largest absolute Gasteiger partial charge is 0.302 e. The van der Waals surface area contributed by atoms with E-state index in [9.17, 15) is 13.2 Å². The van der Waals surface area contributed by atoms with Crippen molar-refractivity contribution in [1.82, 2.24) is 4.98 Å². The minimum atomic E-state index is -3.47. The van der Waals surface area contributed by atoms with Gasteiger partial charge in [-0.15, -0.1) is 0 Å². The van der Waals surface area contributed by atoms with Gasteiger partial charge < -0.3 is 5.32 Å². The predicted octanol–water partition coefficient (Wildman–Crippen LogP) is 3.59. The fourth-order valence-electron chi connectivity index (χ4n) is 3.19. The Morgan fingerprint density at radius 2 is 1.92 bits per heavy atom. The summed E-state index contributed by atoms with van der Waals surface area (Å²) >= 11 is 1.38. The number of nitrogens with zero attached hydrogens (tertiary/aromatic N) is 1. The number of benzene rings is 2. The number of carbonyl (C=O) groups is 1. The smallest absolute Gasteiger partial charge is 0.227 e. The molecule has 1 aliphatic rings. The normalized spacial score (nSPS) is 13.7. The maximum atomic E-state index is 12.5. The van der Waals surface area contributed by atoms with Crippen molar-refractivity contribution in [3.63, 3.8) is 0 Å². The molecule has 2 aromatic carbocycles. The second-order valence-electron chi connectivity index (χ2n) is 6.39. The van der Waals surface area contributed by atoms with Crippen molar-refractivity contribution in [3.8, 4) is 0 Å². The van der Waals surface area contributed by atoms with Crippen LogP contribution < -0.4 is 5.32 Å². The zero-order chi connectivity index (χ0) is 18.1. The van der Waals surface area contributed by atoms with Crippen molar-refractivity contribution >= 4 is 42.4 Å². The molecule has 0 saturated carbocycles. The molecular weight excluding hydrogens is 368 g/mol. The van der Waals surface area contributed by atoms with E-state index < -0.39 is 9.84 Å². The van der Waals surface area contributed by atoms with Crippen LogP contribution in [-0.2, 0) is 27.5 Å². The minimum Gasteiger partial charge on any atom is -0.302 e. The third-order valence-electron chi connectivity index (χ3n) is 4.57. The number of fused-ring (bicyclic) bond motifs is 2. The molecule has 1 amide bonds. The van der Waals surface area contributed by atoms with E-state index in [0.717, 1.165) is 35.0 Å². The first-order valence-corrected chi connectivity index (χ1v) is 11.0. The maximum Gasteiger partial charge on any atom is 0.227 e. The fraction of sp³-hybridized carbons (Fsp3) is 0.263. The summed E-state index contributed by atoms with van der Waals surface area (Å²) in [6, 6.07) is 12.9. The molecule has 1 aliphatic carbocycles. The average Bonchev–Trinajstić information content (AvgIpc) is 3.25. The van der Waals surface area contributed by atoms with Gasteiger partial charge in [0, 0.05) is 6.42 Å². The molecule has 7 heteroatoms. The molecule has 1 aromatic heterocycles. The van der Waals surface area contributed by atoms with Gasteiger partial charge in [0.25, 0.3) is 0 Å². The number of hydrogen-bond acceptors (Lipinski definition) is 5. The Labute approximate surface area is 156 Å². The van der Waals surface area contributed by atoms with Gasteiger partial charge in [-0.3, -0.25) is 4.79 Å². The number of amides is 1. The number of nitrogens with one attached hydrogen (secondary N) is 1. The van der Waals surface area contributed by atoms with Crippen molar-refractivity contribution < 1.29 is 13.2 Å². The van der Waals surface area contributed by atoms with Crippen LogP contribution in [0.15, 0.2) is 47.4 Å². The molecule has 0 radical (unpaired) electrons. The van der Waals surface area contributed by atoms with Gasteiger partial charge in [-0.1, -0.05) is 29.5 Å². The molecular formula is C19H18N2O3S2. The van der Waals surface area contributed by atoms with Crippen LogP contribution in [0.4, 0.5) is 5.13 Å². The molecule has 5 nitrogen and oxygen atoms in total. The van der Waals surface area contributed by atoms with E-state index in [2.05, 4.69) is 10.3 Å². The number of anilines is 1. The lowest BCUT2D eigenvalue weighted by Crippen LogP contribution is -2.17. The van der Waals surface area contributed by atoms with Crippen LogP contribution in [0.5, 0.6) is 0 Å². The lowest BCUT2D eigenvalue weighted by Gasteiger charge is -2.07. The quantitative estimate of drug-likeness (QED) is 0.727. The van der Waals surface area contributed by atoms with Crippen LogP contribution in [0.2, 0.25) is 0 Å². The minimum absolute atomic E-state index is 0.0880. The number of para-hydroxylation sites is 1. The van der Waals surface area contributed by atoms with Crippen LogP contribution in [-0.4, -0.2) is 25.1 Å². The Hall–Kier alpha value is -2.25. The van der Waals surface area contributed by atoms with E-state index in [0.29, 0.717) is 10.0 Å². The standard InChI is InChI=1S/C19H18N2O3S2/c22-18(21-19-20-16-6-1-2-7-17(16)25-19)10-11-26(23,24)15-9-8-13-4-3-5-14(13)12-15/h1-2,6-9,12H,3-5,10-11H2,(H,20,21,22). The lowest BCUT2D eigenvalue weighted by atomic mass is 10.1. The number of sulfone groups is 1. The summed E-state index contributed by atoms with van der Waals surface area (Å²) < 4.78 is 26.1. The number of aromatic nitrogens is 1. The molecule has 0 atom stereocenters. The van der Waals surface area contributed by atoms with Crippen LogP contribution in [0.25, 0.3) is 10.2 Å². The number of rotatable bonds is 5. The molecule has 3 aromatic rings. The average molecular weight is 386 g/mol. The van der Waals surface area contributed by atoms with E-state index >= 15 is 0 Å². The highest BCUT2D eigenvalue weighted by molar-refractivity contribution is 7.91. The summed E-state index contributed by atoms with van der Waals surface area (Å²) in [7, 11) is -3.47. The molecule has 0 fully saturated rings. The summed E-state index contributed by atoms with van der Waals surface area (Å²) in [4.78, 5) is 16.8. The van der Waals surface area contributed by atoms with E-state index in [1.54, 1.807) is 12.1 Å². The van der Waals surface area contributed by atoms with E-state index in [1.165, 1.54) is 16.9 Å². The third-order valence-corrected chi connectivity index (χ3v) is 7.23. The Morgan fingerprint density at radius 1 is 1.12 bits per heavy atom. The summed E-state index contributed by atoms with van der Waals surface area (Å²) in [6.07, 6.45) is 2.93. The van der Waals surface area contributed by atoms with Gasteiger partial charge in [-0.25, -0.2) is 13.4 Å². The van der Waals surface area contributed by atoms with Gasteiger partial charge in [0.15, 0.2) is 15.0 Å². The van der Waals surface area contributed by atoms with Crippen LogP contribution >= 0.6 is 11.3 Å². The van der Waals surface area contributed by atoms with Crippen molar-refractivity contribution in [2.24, 2.45) is 0 Å². The number of hydrogen-bond donors (Lipinski definition) is 1. The molecule has 0 unspecified atom stereocenters. The molecule has 26 heavy (non-hydrogen) atoms. The molecule has 4 rings (SSSR count). The second kappa shape index (κ2) is 6.81. The molecule has 1 heterocycles. The van der Waals surface area contributed by atoms with E-state index in [4.69, 9.17) is 0 Å². The van der Waals surface area contributed by atoms with Crippen LogP contribution in [0.1, 0.15) is 24.0 Å². The highest BCUT2D eigenvalue weighted by Gasteiger charge is 2.20. The lowest BCUT2D eigenvalue weighted by molar-refractivity contribution is -0.115. The van der Waals surface area contributed by atoms with Gasteiger partial charge in [-0.05, 0) is 54.7 Å². The molecule has 1 N–H and O–H groups in total. The first-order chi connectivity index (χ1) is 12.5. The van der Waals surface area contributed by atoms with Crippen molar-refractivity contribution in [1.29, 1.82) is 0 Å². The number of thiazole rings is 1. The Balaban J connectivity index is 1.41. The molecule has 0 aliphatic heterocycles. The number of aryl methyl sites for hydroxylation is 2. The van der Waals surface area contributed by atoms with Crippen LogP contribution in [0.3, 0.4) is 0 Å².